The van der Waals surface area contributed by atoms with E-state index in [0.29, 0.717) is 22.5 Å². The summed E-state index contributed by atoms with van der Waals surface area (Å²) in [4.78, 5) is 11.2. The van der Waals surface area contributed by atoms with Crippen LogP contribution in [-0.2, 0) is 14.8 Å². The van der Waals surface area contributed by atoms with Crippen molar-refractivity contribution in [3.8, 4) is 0 Å². The van der Waals surface area contributed by atoms with E-state index in [-0.39, 0.29) is 15.8 Å². The van der Waals surface area contributed by atoms with E-state index in [0.717, 1.165) is 5.56 Å². The summed E-state index contributed by atoms with van der Waals surface area (Å²) >= 11 is 6.03. The lowest BCUT2D eigenvalue weighted by Crippen LogP contribution is -2.17. The van der Waals surface area contributed by atoms with Gasteiger partial charge >= 0.3 is 0 Å². The predicted octanol–water partition coefficient (Wildman–Crippen LogP) is 4.67. The summed E-state index contributed by atoms with van der Waals surface area (Å²) in [6.45, 7) is 10.8. The van der Waals surface area contributed by atoms with E-state index in [1.54, 1.807) is 37.3 Å². The van der Waals surface area contributed by atoms with E-state index in [4.69, 9.17) is 11.6 Å². The highest BCUT2D eigenvalue weighted by molar-refractivity contribution is 7.92. The Morgan fingerprint density at radius 3 is 2.46 bits per heavy atom. The number of nitrogens with one attached hydrogen (secondary N) is 2. The zero-order valence-electron chi connectivity index (χ0n) is 15.6. The summed E-state index contributed by atoms with van der Waals surface area (Å²) in [5.41, 5.74) is 2.92. The summed E-state index contributed by atoms with van der Waals surface area (Å²) in [5, 5.41) is 2.78. The van der Waals surface area contributed by atoms with Gasteiger partial charge in [0, 0.05) is 12.6 Å². The molecule has 5 nitrogen and oxygen atoms in total. The number of rotatable bonds is 7. The lowest BCUT2D eigenvalue weighted by Gasteiger charge is -2.14. The molecule has 7 heteroatoms. The Hall–Kier alpha value is -2.83. The summed E-state index contributed by atoms with van der Waals surface area (Å²) < 4.78 is 28.0. The van der Waals surface area contributed by atoms with Crippen molar-refractivity contribution in [1.29, 1.82) is 0 Å². The Bertz CT molecular complexity index is 1070. The van der Waals surface area contributed by atoms with Gasteiger partial charge in [0.15, 0.2) is 0 Å². The molecule has 0 spiro atoms. The molecule has 0 aliphatic heterocycles. The van der Waals surface area contributed by atoms with Crippen molar-refractivity contribution < 1.29 is 13.2 Å². The molecule has 146 valence electrons. The van der Waals surface area contributed by atoms with Gasteiger partial charge < -0.3 is 5.32 Å². The van der Waals surface area contributed by atoms with Gasteiger partial charge in [-0.2, -0.15) is 0 Å². The van der Waals surface area contributed by atoms with Crippen LogP contribution in [0.2, 0.25) is 5.02 Å². The van der Waals surface area contributed by atoms with Crippen LogP contribution in [-0.4, -0.2) is 14.3 Å². The fraction of sp³-hybridized carbons (Fsp3) is 0.0952. The molecule has 2 rings (SSSR count). The number of carbonyl (C=O) groups excluding carboxylic acids is 1. The molecule has 0 fully saturated rings. The van der Waals surface area contributed by atoms with Gasteiger partial charge in [0.25, 0.3) is 10.0 Å². The number of benzene rings is 2. The second-order valence-electron chi connectivity index (χ2n) is 6.08. The zero-order valence-corrected chi connectivity index (χ0v) is 17.2. The van der Waals surface area contributed by atoms with E-state index in [9.17, 15) is 13.2 Å². The zero-order chi connectivity index (χ0) is 20.9. The first kappa shape index (κ1) is 21.5. The first-order valence-electron chi connectivity index (χ1n) is 8.33. The van der Waals surface area contributed by atoms with Crippen molar-refractivity contribution in [2.24, 2.45) is 0 Å². The molecule has 0 aliphatic carbocycles. The van der Waals surface area contributed by atoms with Crippen molar-refractivity contribution in [2.75, 3.05) is 4.72 Å². The molecule has 2 N–H and O–H groups in total. The highest BCUT2D eigenvalue weighted by Gasteiger charge is 2.18. The number of allylic oxidation sites excluding steroid dienone is 3. The van der Waals surface area contributed by atoms with Gasteiger partial charge in [-0.15, -0.1) is 0 Å². The molecular formula is C21H21ClN2O3S. The third-order valence-electron chi connectivity index (χ3n) is 3.85. The van der Waals surface area contributed by atoms with Crippen molar-refractivity contribution in [3.63, 3.8) is 0 Å². The monoisotopic (exact) mass is 416 g/mol. The van der Waals surface area contributed by atoms with Crippen molar-refractivity contribution >= 4 is 38.8 Å². The second kappa shape index (κ2) is 8.91. The molecule has 2 aromatic rings. The quantitative estimate of drug-likeness (QED) is 0.644. The summed E-state index contributed by atoms with van der Waals surface area (Å²) in [5.74, 6) is -0.226. The van der Waals surface area contributed by atoms with Gasteiger partial charge in [-0.3, -0.25) is 9.52 Å². The van der Waals surface area contributed by atoms with Crippen LogP contribution in [0.1, 0.15) is 18.1 Å². The lowest BCUT2D eigenvalue weighted by molar-refractivity contribution is -0.118. The van der Waals surface area contributed by atoms with Crippen LogP contribution in [0.4, 0.5) is 5.69 Å². The minimum atomic E-state index is -3.85. The SMILES string of the molecule is C=C/C(=C\C(=C)c1ccc(C)c(NS(=O)(=O)c2ccccc2Cl)c1)NC(C)=O. The normalized spacial score (nSPS) is 11.6. The Balaban J connectivity index is 2.37. The van der Waals surface area contributed by atoms with Crippen LogP contribution in [0.5, 0.6) is 0 Å². The lowest BCUT2D eigenvalue weighted by atomic mass is 10.0. The van der Waals surface area contributed by atoms with Crippen molar-refractivity contribution in [1.82, 2.24) is 5.32 Å². The number of anilines is 1. The van der Waals surface area contributed by atoms with Crippen LogP contribution >= 0.6 is 11.6 Å². The summed E-state index contributed by atoms with van der Waals surface area (Å²) in [7, 11) is -3.85. The molecule has 1 amide bonds. The van der Waals surface area contributed by atoms with Crippen molar-refractivity contribution in [3.05, 3.63) is 89.6 Å². The second-order valence-corrected chi connectivity index (χ2v) is 8.13. The van der Waals surface area contributed by atoms with E-state index >= 15 is 0 Å². The minimum Gasteiger partial charge on any atom is -0.326 e. The van der Waals surface area contributed by atoms with Gasteiger partial charge in [0.2, 0.25) is 5.91 Å². The first-order chi connectivity index (χ1) is 13.1. The molecule has 28 heavy (non-hydrogen) atoms. The number of hydrogen-bond donors (Lipinski definition) is 2. The van der Waals surface area contributed by atoms with Gasteiger partial charge in [-0.1, -0.05) is 49.0 Å². The van der Waals surface area contributed by atoms with Gasteiger partial charge in [-0.25, -0.2) is 8.42 Å². The molecule has 0 radical (unpaired) electrons. The average molecular weight is 417 g/mol. The van der Waals surface area contributed by atoms with Crippen molar-refractivity contribution in [2.45, 2.75) is 18.7 Å². The van der Waals surface area contributed by atoms with Crippen LogP contribution in [0.3, 0.4) is 0 Å². The van der Waals surface area contributed by atoms with Gasteiger partial charge in [0.05, 0.1) is 10.7 Å². The Kier molecular flexibility index (Phi) is 6.83. The largest absolute Gasteiger partial charge is 0.326 e. The Morgan fingerprint density at radius 1 is 1.18 bits per heavy atom. The molecule has 0 aromatic heterocycles. The molecule has 0 aliphatic rings. The molecule has 0 saturated heterocycles. The molecule has 0 heterocycles. The van der Waals surface area contributed by atoms with E-state index in [1.807, 2.05) is 6.07 Å². The smallest absolute Gasteiger partial charge is 0.263 e. The van der Waals surface area contributed by atoms with E-state index in [1.165, 1.54) is 25.1 Å². The maximum atomic E-state index is 12.7. The standard InChI is InChI=1S/C21H21ClN2O3S/c1-5-18(23-16(4)25)12-15(3)17-11-10-14(2)20(13-17)24-28(26,27)21-9-7-6-8-19(21)22/h5-13,24H,1,3H2,2,4H3,(H,23,25)/b18-12+. The molecule has 2 aromatic carbocycles. The Morgan fingerprint density at radius 2 is 1.86 bits per heavy atom. The number of aryl methyl sites for hydroxylation is 1. The van der Waals surface area contributed by atoms with Crippen LogP contribution in [0.15, 0.2) is 78.4 Å². The minimum absolute atomic E-state index is 0.000191. The molecule has 0 unspecified atom stereocenters. The maximum Gasteiger partial charge on any atom is 0.263 e. The third-order valence-corrected chi connectivity index (χ3v) is 5.71. The van der Waals surface area contributed by atoms with E-state index in [2.05, 4.69) is 23.2 Å². The number of hydrogen-bond acceptors (Lipinski definition) is 3. The summed E-state index contributed by atoms with van der Waals surface area (Å²) in [6.07, 6.45) is 3.16. The third kappa shape index (κ3) is 5.34. The molecular weight excluding hydrogens is 396 g/mol. The number of amides is 1. The molecule has 0 bridgehead atoms. The highest BCUT2D eigenvalue weighted by atomic mass is 35.5. The van der Waals surface area contributed by atoms with E-state index < -0.39 is 10.0 Å². The topological polar surface area (TPSA) is 75.3 Å². The van der Waals surface area contributed by atoms with Gasteiger partial charge in [-0.05, 0) is 54.0 Å². The van der Waals surface area contributed by atoms with Crippen LogP contribution in [0, 0.1) is 6.92 Å². The number of sulfonamides is 1. The number of carbonyl (C=O) groups is 1. The first-order valence-corrected chi connectivity index (χ1v) is 10.2. The summed E-state index contributed by atoms with van der Waals surface area (Å²) in [6, 6.07) is 11.5. The predicted molar refractivity (Wildman–Crippen MR) is 115 cm³/mol. The number of halogens is 1. The Labute approximate surface area is 170 Å². The molecule has 0 saturated carbocycles. The fourth-order valence-corrected chi connectivity index (χ4v) is 4.06. The average Bonchev–Trinajstić information content (AvgIpc) is 2.62. The van der Waals surface area contributed by atoms with Crippen LogP contribution in [0.25, 0.3) is 5.57 Å². The molecule has 0 atom stereocenters. The fourth-order valence-electron chi connectivity index (χ4n) is 2.41. The van der Waals surface area contributed by atoms with Gasteiger partial charge in [0.1, 0.15) is 4.90 Å². The maximum absolute atomic E-state index is 12.7. The van der Waals surface area contributed by atoms with Crippen LogP contribution < -0.4 is 10.0 Å². The highest BCUT2D eigenvalue weighted by Crippen LogP contribution is 2.27.